The minimum absolute atomic E-state index is 0.00926. The van der Waals surface area contributed by atoms with Crippen LogP contribution in [0.25, 0.3) is 0 Å². The van der Waals surface area contributed by atoms with Crippen molar-refractivity contribution in [2.45, 2.75) is 12.8 Å². The zero-order chi connectivity index (χ0) is 6.57. The van der Waals surface area contributed by atoms with E-state index in [2.05, 4.69) is 0 Å². The number of carboxylic acid groups (broad SMARTS) is 1. The van der Waals surface area contributed by atoms with Gasteiger partial charge in [-0.15, -0.1) is 0 Å². The highest BCUT2D eigenvalue weighted by Crippen LogP contribution is 1.83. The van der Waals surface area contributed by atoms with E-state index in [0.29, 0.717) is 0 Å². The smallest absolute Gasteiger partial charge is 0.303 e. The molecule has 0 aliphatic carbocycles. The summed E-state index contributed by atoms with van der Waals surface area (Å²) in [6.45, 7) is -1.24. The second-order valence-electron chi connectivity index (χ2n) is 1.11. The summed E-state index contributed by atoms with van der Waals surface area (Å²) in [6.07, 6.45) is -0.125. The van der Waals surface area contributed by atoms with Gasteiger partial charge in [-0.2, -0.15) is 0 Å². The zero-order valence-electron chi connectivity index (χ0n) is 4.79. The van der Waals surface area contributed by atoms with E-state index in [9.17, 15) is 4.79 Å². The van der Waals surface area contributed by atoms with Crippen LogP contribution in [0.1, 0.15) is 14.2 Å². The molecule has 3 heteroatoms. The maximum absolute atomic E-state index is 9.71. The Balaban J connectivity index is 3.05. The summed E-state index contributed by atoms with van der Waals surface area (Å²) in [5.74, 6) is -0.976. The average molecular weight is 105 g/mol. The van der Waals surface area contributed by atoms with E-state index in [4.69, 9.17) is 11.6 Å². The second-order valence-corrected chi connectivity index (χ2v) is 1.11. The molecule has 0 radical (unpaired) electrons. The first-order valence-corrected chi connectivity index (χ1v) is 1.95. The van der Waals surface area contributed by atoms with Gasteiger partial charge in [-0.05, 0) is 6.42 Å². The van der Waals surface area contributed by atoms with Crippen LogP contribution in [0.4, 0.5) is 0 Å². The average Bonchev–Trinajstić information content (AvgIpc) is 1.61. The van der Waals surface area contributed by atoms with Crippen LogP contribution in [0, 0.1) is 0 Å². The maximum Gasteiger partial charge on any atom is 0.303 e. The lowest BCUT2D eigenvalue weighted by molar-refractivity contribution is -0.137. The highest BCUT2D eigenvalue weighted by molar-refractivity contribution is 5.66. The molecule has 2 N–H and O–H groups in total. The lowest BCUT2D eigenvalue weighted by Gasteiger charge is -1.85. The maximum atomic E-state index is 9.71. The molecule has 42 valence electrons. The molecule has 0 bridgehead atoms. The number of aliphatic hydroxyl groups is 1. The Morgan fingerprint density at radius 2 is 2.43 bits per heavy atom. The predicted molar refractivity (Wildman–Crippen MR) is 24.0 cm³/mol. The first kappa shape index (κ1) is 4.59. The summed E-state index contributed by atoms with van der Waals surface area (Å²) < 4.78 is 6.46. The second kappa shape index (κ2) is 3.61. The number of hydrogen-bond donors (Lipinski definition) is 2. The van der Waals surface area contributed by atoms with Crippen molar-refractivity contribution in [2.75, 3.05) is 6.58 Å². The Morgan fingerprint density at radius 1 is 1.86 bits per heavy atom. The van der Waals surface area contributed by atoms with Gasteiger partial charge >= 0.3 is 5.97 Å². The molecule has 1 atom stereocenters. The van der Waals surface area contributed by atoms with Crippen molar-refractivity contribution in [1.29, 1.82) is 0 Å². The molecule has 3 nitrogen and oxygen atoms in total. The van der Waals surface area contributed by atoms with Gasteiger partial charge in [0.1, 0.15) is 0 Å². The van der Waals surface area contributed by atoms with Gasteiger partial charge in [0.2, 0.25) is 0 Å². The SMILES string of the molecule is [2H][C@@H](O)CCC(=O)O. The van der Waals surface area contributed by atoms with E-state index < -0.39 is 12.6 Å². The number of aliphatic carboxylic acids is 1. The Morgan fingerprint density at radius 3 is 2.57 bits per heavy atom. The summed E-state index contributed by atoms with van der Waals surface area (Å²) in [6, 6.07) is 0. The molecule has 0 spiro atoms. The van der Waals surface area contributed by atoms with Gasteiger partial charge in [-0.3, -0.25) is 4.79 Å². The van der Waals surface area contributed by atoms with Crippen molar-refractivity contribution in [3.63, 3.8) is 0 Å². The number of carbonyl (C=O) groups is 1. The first-order chi connectivity index (χ1) is 3.63. The van der Waals surface area contributed by atoms with Gasteiger partial charge in [0, 0.05) is 13.0 Å². The fourth-order valence-corrected chi connectivity index (χ4v) is 0.188. The van der Waals surface area contributed by atoms with E-state index in [-0.39, 0.29) is 12.8 Å². The number of hydrogen-bond acceptors (Lipinski definition) is 2. The van der Waals surface area contributed by atoms with E-state index in [1.807, 2.05) is 0 Å². The van der Waals surface area contributed by atoms with Crippen molar-refractivity contribution in [3.8, 4) is 0 Å². The molecule has 0 saturated heterocycles. The Kier molecular flexibility index (Phi) is 2.37. The van der Waals surface area contributed by atoms with Crippen molar-refractivity contribution in [1.82, 2.24) is 0 Å². The van der Waals surface area contributed by atoms with Crippen molar-refractivity contribution >= 4 is 5.97 Å². The Labute approximate surface area is 43.0 Å². The monoisotopic (exact) mass is 105 g/mol. The molecular formula is C4H8O3. The molecule has 0 rings (SSSR count). The van der Waals surface area contributed by atoms with E-state index in [0.717, 1.165) is 0 Å². The largest absolute Gasteiger partial charge is 0.481 e. The Hall–Kier alpha value is -0.570. The third-order valence-corrected chi connectivity index (χ3v) is 0.487. The molecule has 0 aliphatic heterocycles. The van der Waals surface area contributed by atoms with E-state index >= 15 is 0 Å². The van der Waals surface area contributed by atoms with Crippen LogP contribution in [0.3, 0.4) is 0 Å². The summed E-state index contributed by atoms with van der Waals surface area (Å²) in [5.41, 5.74) is 0. The molecular weight excluding hydrogens is 96.0 g/mol. The van der Waals surface area contributed by atoms with E-state index in [1.54, 1.807) is 0 Å². The van der Waals surface area contributed by atoms with Crippen LogP contribution in [-0.4, -0.2) is 22.8 Å². The third kappa shape index (κ3) is 5.43. The van der Waals surface area contributed by atoms with Crippen molar-refractivity contribution < 1.29 is 16.4 Å². The molecule has 0 heterocycles. The van der Waals surface area contributed by atoms with Crippen LogP contribution in [0.2, 0.25) is 0 Å². The first-order valence-electron chi connectivity index (χ1n) is 2.53. The third-order valence-electron chi connectivity index (χ3n) is 0.487. The van der Waals surface area contributed by atoms with Gasteiger partial charge in [0.05, 0.1) is 1.37 Å². The summed E-state index contributed by atoms with van der Waals surface area (Å²) in [7, 11) is 0. The van der Waals surface area contributed by atoms with Gasteiger partial charge < -0.3 is 10.2 Å². The lowest BCUT2D eigenvalue weighted by atomic mass is 10.3. The number of rotatable bonds is 3. The van der Waals surface area contributed by atoms with Crippen LogP contribution in [0.15, 0.2) is 0 Å². The van der Waals surface area contributed by atoms with Crippen LogP contribution >= 0.6 is 0 Å². The minimum Gasteiger partial charge on any atom is -0.481 e. The summed E-state index contributed by atoms with van der Waals surface area (Å²) >= 11 is 0. The molecule has 0 unspecified atom stereocenters. The molecule has 0 aromatic carbocycles. The fraction of sp³-hybridized carbons (Fsp3) is 0.750. The highest BCUT2D eigenvalue weighted by Gasteiger charge is 1.91. The molecule has 0 aliphatic rings. The minimum atomic E-state index is -1.24. The van der Waals surface area contributed by atoms with Crippen LogP contribution in [-0.2, 0) is 4.79 Å². The Bertz CT molecular complexity index is 81.4. The standard InChI is InChI=1S/C4H8O3/c5-3-1-2-4(6)7/h5H,1-3H2,(H,6,7)/i3D/t3-/m1/s1. The quantitative estimate of drug-likeness (QED) is 0.524. The molecule has 0 aromatic heterocycles. The molecule has 7 heavy (non-hydrogen) atoms. The molecule has 0 amide bonds. The normalized spacial score (nSPS) is 15.3. The number of carboxylic acids is 1. The van der Waals surface area contributed by atoms with Crippen LogP contribution < -0.4 is 0 Å². The lowest BCUT2D eigenvalue weighted by Crippen LogP contribution is -1.95. The fourth-order valence-electron chi connectivity index (χ4n) is 0.188. The molecule has 0 aromatic rings. The number of aliphatic hydroxyl groups excluding tert-OH is 1. The topological polar surface area (TPSA) is 57.5 Å². The highest BCUT2D eigenvalue weighted by atomic mass is 16.4. The van der Waals surface area contributed by atoms with Gasteiger partial charge in [0.15, 0.2) is 0 Å². The molecule has 0 fully saturated rings. The van der Waals surface area contributed by atoms with Crippen molar-refractivity contribution in [3.05, 3.63) is 0 Å². The van der Waals surface area contributed by atoms with Crippen LogP contribution in [0.5, 0.6) is 0 Å². The van der Waals surface area contributed by atoms with Crippen molar-refractivity contribution in [2.24, 2.45) is 0 Å². The summed E-state index contributed by atoms with van der Waals surface area (Å²) in [5, 5.41) is 16.2. The molecule has 0 saturated carbocycles. The van der Waals surface area contributed by atoms with Gasteiger partial charge in [0.25, 0.3) is 0 Å². The van der Waals surface area contributed by atoms with Gasteiger partial charge in [-0.25, -0.2) is 0 Å². The van der Waals surface area contributed by atoms with E-state index in [1.165, 1.54) is 0 Å². The zero-order valence-corrected chi connectivity index (χ0v) is 3.79. The van der Waals surface area contributed by atoms with Gasteiger partial charge in [-0.1, -0.05) is 0 Å². The predicted octanol–water partition coefficient (Wildman–Crippen LogP) is -0.156. The summed E-state index contributed by atoms with van der Waals surface area (Å²) in [4.78, 5) is 9.71.